The van der Waals surface area contributed by atoms with Crippen molar-refractivity contribution in [1.29, 1.82) is 0 Å². The SMILES string of the molecule is COCCN(C)C1=Cc2ccc(C(O)O)cc2CC1. The van der Waals surface area contributed by atoms with E-state index >= 15 is 0 Å². The molecule has 0 radical (unpaired) electrons. The van der Waals surface area contributed by atoms with Crippen molar-refractivity contribution in [2.75, 3.05) is 27.3 Å². The van der Waals surface area contributed by atoms with Crippen molar-refractivity contribution in [2.45, 2.75) is 19.1 Å². The predicted molar refractivity (Wildman–Crippen MR) is 74.4 cm³/mol. The van der Waals surface area contributed by atoms with Crippen LogP contribution in [0.1, 0.15) is 29.4 Å². The lowest BCUT2D eigenvalue weighted by Crippen LogP contribution is -2.23. The Morgan fingerprint density at radius 1 is 1.32 bits per heavy atom. The van der Waals surface area contributed by atoms with Gasteiger partial charge in [0.1, 0.15) is 0 Å². The van der Waals surface area contributed by atoms with Crippen molar-refractivity contribution >= 4 is 6.08 Å². The van der Waals surface area contributed by atoms with Crippen LogP contribution >= 0.6 is 0 Å². The van der Waals surface area contributed by atoms with Crippen LogP contribution in [0.25, 0.3) is 6.08 Å². The van der Waals surface area contributed by atoms with Gasteiger partial charge in [0.2, 0.25) is 0 Å². The Hall–Kier alpha value is -1.36. The van der Waals surface area contributed by atoms with Crippen molar-refractivity contribution in [2.24, 2.45) is 0 Å². The van der Waals surface area contributed by atoms with Crippen LogP contribution in [0.5, 0.6) is 0 Å². The van der Waals surface area contributed by atoms with Crippen molar-refractivity contribution < 1.29 is 14.9 Å². The third kappa shape index (κ3) is 3.35. The van der Waals surface area contributed by atoms with E-state index in [1.54, 1.807) is 13.2 Å². The fraction of sp³-hybridized carbons (Fsp3) is 0.467. The molecule has 19 heavy (non-hydrogen) atoms. The van der Waals surface area contributed by atoms with Crippen molar-refractivity contribution in [3.63, 3.8) is 0 Å². The van der Waals surface area contributed by atoms with Crippen molar-refractivity contribution in [1.82, 2.24) is 4.90 Å². The van der Waals surface area contributed by atoms with Gasteiger partial charge >= 0.3 is 0 Å². The first-order chi connectivity index (χ1) is 9.11. The molecule has 0 amide bonds. The molecule has 0 aromatic heterocycles. The van der Waals surface area contributed by atoms with E-state index < -0.39 is 6.29 Å². The van der Waals surface area contributed by atoms with E-state index in [0.29, 0.717) is 5.56 Å². The maximum Gasteiger partial charge on any atom is 0.178 e. The minimum Gasteiger partial charge on any atom is -0.383 e. The summed E-state index contributed by atoms with van der Waals surface area (Å²) in [5, 5.41) is 18.4. The van der Waals surface area contributed by atoms with E-state index in [4.69, 9.17) is 4.74 Å². The molecule has 2 N–H and O–H groups in total. The van der Waals surface area contributed by atoms with Gasteiger partial charge < -0.3 is 19.8 Å². The highest BCUT2D eigenvalue weighted by Gasteiger charge is 2.15. The molecule has 0 bridgehead atoms. The van der Waals surface area contributed by atoms with E-state index in [1.807, 2.05) is 12.1 Å². The quantitative estimate of drug-likeness (QED) is 0.791. The molecule has 0 saturated heterocycles. The fourth-order valence-electron chi connectivity index (χ4n) is 2.33. The molecule has 1 aromatic rings. The highest BCUT2D eigenvalue weighted by atomic mass is 16.5. The average molecular weight is 263 g/mol. The zero-order valence-electron chi connectivity index (χ0n) is 11.5. The molecule has 0 aliphatic heterocycles. The third-order valence-corrected chi connectivity index (χ3v) is 3.56. The smallest absolute Gasteiger partial charge is 0.178 e. The largest absolute Gasteiger partial charge is 0.383 e. The Bertz CT molecular complexity index is 468. The summed E-state index contributed by atoms with van der Waals surface area (Å²) in [6.07, 6.45) is 2.68. The zero-order valence-corrected chi connectivity index (χ0v) is 11.5. The predicted octanol–water partition coefficient (Wildman–Crippen LogP) is 1.54. The monoisotopic (exact) mass is 263 g/mol. The van der Waals surface area contributed by atoms with Crippen LogP contribution in [-0.2, 0) is 11.2 Å². The van der Waals surface area contributed by atoms with Crippen LogP contribution in [0.3, 0.4) is 0 Å². The number of hydrogen-bond donors (Lipinski definition) is 2. The van der Waals surface area contributed by atoms with Crippen LogP contribution < -0.4 is 0 Å². The fourth-order valence-corrected chi connectivity index (χ4v) is 2.33. The van der Waals surface area contributed by atoms with Crippen LogP contribution in [0.4, 0.5) is 0 Å². The summed E-state index contributed by atoms with van der Waals surface area (Å²) >= 11 is 0. The molecule has 0 spiro atoms. The number of aliphatic hydroxyl groups excluding tert-OH is 1. The number of allylic oxidation sites excluding steroid dienone is 1. The number of hydrogen-bond acceptors (Lipinski definition) is 4. The highest BCUT2D eigenvalue weighted by Crippen LogP contribution is 2.27. The summed E-state index contributed by atoms with van der Waals surface area (Å²) in [4.78, 5) is 2.21. The Balaban J connectivity index is 2.16. The Morgan fingerprint density at radius 3 is 2.79 bits per heavy atom. The molecule has 0 unspecified atom stereocenters. The molecule has 0 heterocycles. The lowest BCUT2D eigenvalue weighted by atomic mass is 9.93. The molecule has 2 rings (SSSR count). The number of likely N-dealkylation sites (N-methyl/N-ethyl adjacent to an activating group) is 1. The van der Waals surface area contributed by atoms with Gasteiger partial charge in [-0.25, -0.2) is 0 Å². The van der Waals surface area contributed by atoms with E-state index in [9.17, 15) is 10.2 Å². The highest BCUT2D eigenvalue weighted by molar-refractivity contribution is 5.59. The summed E-state index contributed by atoms with van der Waals surface area (Å²) in [5.74, 6) is 0. The molecule has 0 saturated carbocycles. The molecule has 4 nitrogen and oxygen atoms in total. The number of rotatable bonds is 5. The minimum atomic E-state index is -1.39. The van der Waals surface area contributed by atoms with E-state index in [2.05, 4.69) is 18.0 Å². The number of benzene rings is 1. The molecule has 1 aliphatic carbocycles. The van der Waals surface area contributed by atoms with Crippen LogP contribution in [-0.4, -0.2) is 42.4 Å². The van der Waals surface area contributed by atoms with Gasteiger partial charge in [-0.2, -0.15) is 0 Å². The van der Waals surface area contributed by atoms with Gasteiger partial charge in [0, 0.05) is 32.0 Å². The van der Waals surface area contributed by atoms with Crippen LogP contribution in [0.15, 0.2) is 23.9 Å². The van der Waals surface area contributed by atoms with Crippen molar-refractivity contribution in [3.05, 3.63) is 40.6 Å². The normalized spacial score (nSPS) is 14.3. The van der Waals surface area contributed by atoms with E-state index in [1.165, 1.54) is 11.3 Å². The van der Waals surface area contributed by atoms with Gasteiger partial charge in [0.15, 0.2) is 6.29 Å². The molecule has 1 aromatic carbocycles. The second-order valence-corrected chi connectivity index (χ2v) is 4.88. The first-order valence-electron chi connectivity index (χ1n) is 6.51. The van der Waals surface area contributed by atoms with Gasteiger partial charge in [0.05, 0.1) is 6.61 Å². The van der Waals surface area contributed by atoms with Crippen LogP contribution in [0.2, 0.25) is 0 Å². The number of methoxy groups -OCH3 is 1. The number of aryl methyl sites for hydroxylation is 1. The summed E-state index contributed by atoms with van der Waals surface area (Å²) in [6.45, 7) is 1.60. The number of fused-ring (bicyclic) bond motifs is 1. The van der Waals surface area contributed by atoms with Crippen molar-refractivity contribution in [3.8, 4) is 0 Å². The zero-order chi connectivity index (χ0) is 13.8. The number of nitrogens with zero attached hydrogens (tertiary/aromatic N) is 1. The van der Waals surface area contributed by atoms with Gasteiger partial charge in [0.25, 0.3) is 0 Å². The summed E-state index contributed by atoms with van der Waals surface area (Å²) < 4.78 is 5.09. The van der Waals surface area contributed by atoms with Crippen LogP contribution in [0, 0.1) is 0 Å². The van der Waals surface area contributed by atoms with E-state index in [0.717, 1.165) is 31.6 Å². The van der Waals surface area contributed by atoms with Gasteiger partial charge in [-0.3, -0.25) is 0 Å². The maximum absolute atomic E-state index is 9.18. The lowest BCUT2D eigenvalue weighted by Gasteiger charge is -2.26. The minimum absolute atomic E-state index is 0.559. The molecule has 1 aliphatic rings. The molecule has 0 atom stereocenters. The van der Waals surface area contributed by atoms with E-state index in [-0.39, 0.29) is 0 Å². The third-order valence-electron chi connectivity index (χ3n) is 3.56. The molecular weight excluding hydrogens is 242 g/mol. The average Bonchev–Trinajstić information content (AvgIpc) is 2.43. The lowest BCUT2D eigenvalue weighted by molar-refractivity contribution is -0.0425. The summed E-state index contributed by atoms with van der Waals surface area (Å²) in [5.41, 5.74) is 4.19. The van der Waals surface area contributed by atoms with Gasteiger partial charge in [-0.05, 0) is 30.0 Å². The first-order valence-corrected chi connectivity index (χ1v) is 6.51. The second-order valence-electron chi connectivity index (χ2n) is 4.88. The summed E-state index contributed by atoms with van der Waals surface area (Å²) in [6, 6.07) is 5.59. The second kappa shape index (κ2) is 6.19. The number of aliphatic hydroxyl groups is 2. The maximum atomic E-state index is 9.18. The number of ether oxygens (including phenoxy) is 1. The Labute approximate surface area is 113 Å². The molecule has 0 fully saturated rings. The first kappa shape index (κ1) is 14.1. The summed E-state index contributed by atoms with van der Waals surface area (Å²) in [7, 11) is 3.78. The standard InChI is InChI=1S/C15H21NO3/c1-16(7-8-19-2)14-6-5-11-9-13(15(17)18)4-3-12(11)10-14/h3-4,9-10,15,17-18H,5-8H2,1-2H3. The molecule has 4 heteroatoms. The molecular formula is C15H21NO3. The Morgan fingerprint density at radius 2 is 2.11 bits per heavy atom. The van der Waals surface area contributed by atoms with Gasteiger partial charge in [-0.15, -0.1) is 0 Å². The Kier molecular flexibility index (Phi) is 4.58. The topological polar surface area (TPSA) is 52.9 Å². The van der Waals surface area contributed by atoms with Gasteiger partial charge in [-0.1, -0.05) is 18.2 Å². The molecule has 104 valence electrons.